The normalized spacial score (nSPS) is 17.4. The topological polar surface area (TPSA) is 21.3 Å². The van der Waals surface area contributed by atoms with E-state index in [0.717, 1.165) is 17.9 Å². The van der Waals surface area contributed by atoms with Crippen molar-refractivity contribution in [3.8, 4) is 5.75 Å². The third-order valence-electron chi connectivity index (χ3n) is 2.72. The molecule has 0 radical (unpaired) electrons. The highest BCUT2D eigenvalue weighted by molar-refractivity contribution is 5.66. The van der Waals surface area contributed by atoms with Gasteiger partial charge in [0.25, 0.3) is 0 Å². The summed E-state index contributed by atoms with van der Waals surface area (Å²) in [6.45, 7) is 4.90. The van der Waals surface area contributed by atoms with E-state index in [4.69, 9.17) is 4.74 Å². The fraction of sp³-hybridized carbons (Fsp3) is 0.455. The van der Waals surface area contributed by atoms with E-state index in [1.54, 1.807) is 13.2 Å². The van der Waals surface area contributed by atoms with Crippen LogP contribution in [0.1, 0.15) is 19.4 Å². The van der Waals surface area contributed by atoms with E-state index in [-0.39, 0.29) is 11.2 Å². The predicted molar refractivity (Wildman–Crippen MR) is 54.5 cm³/mol. The molecule has 1 N–H and O–H groups in total. The number of fused-ring (bicyclic) bond motifs is 1. The molecule has 14 heavy (non-hydrogen) atoms. The van der Waals surface area contributed by atoms with Gasteiger partial charge < -0.3 is 10.1 Å². The highest BCUT2D eigenvalue weighted by Crippen LogP contribution is 2.43. The van der Waals surface area contributed by atoms with Crippen LogP contribution in [0, 0.1) is 5.82 Å². The van der Waals surface area contributed by atoms with E-state index in [2.05, 4.69) is 19.2 Å². The summed E-state index contributed by atoms with van der Waals surface area (Å²) in [5, 5.41) is 3.08. The van der Waals surface area contributed by atoms with Crippen LogP contribution in [0.4, 0.5) is 10.1 Å². The maximum Gasteiger partial charge on any atom is 0.146 e. The molecular formula is C11H14FNO. The third-order valence-corrected chi connectivity index (χ3v) is 2.72. The van der Waals surface area contributed by atoms with Crippen LogP contribution in [-0.2, 0) is 5.41 Å². The first-order chi connectivity index (χ1) is 6.56. The molecule has 0 saturated carbocycles. The molecule has 1 aromatic carbocycles. The minimum atomic E-state index is -0.202. The summed E-state index contributed by atoms with van der Waals surface area (Å²) in [4.78, 5) is 0. The van der Waals surface area contributed by atoms with E-state index in [0.29, 0.717) is 5.69 Å². The Kier molecular flexibility index (Phi) is 1.91. The van der Waals surface area contributed by atoms with Crippen molar-refractivity contribution in [1.82, 2.24) is 0 Å². The number of rotatable bonds is 1. The molecule has 0 fully saturated rings. The smallest absolute Gasteiger partial charge is 0.146 e. The van der Waals surface area contributed by atoms with Crippen LogP contribution in [0.2, 0.25) is 0 Å². The van der Waals surface area contributed by atoms with Gasteiger partial charge in [0, 0.05) is 17.5 Å². The molecule has 0 unspecified atom stereocenters. The summed E-state index contributed by atoms with van der Waals surface area (Å²) in [6, 6.07) is 3.12. The fourth-order valence-corrected chi connectivity index (χ4v) is 1.97. The first-order valence-electron chi connectivity index (χ1n) is 4.67. The quantitative estimate of drug-likeness (QED) is 0.743. The van der Waals surface area contributed by atoms with Crippen LogP contribution < -0.4 is 10.1 Å². The molecule has 2 nitrogen and oxygen atoms in total. The Hall–Kier alpha value is -1.25. The Morgan fingerprint density at radius 1 is 1.43 bits per heavy atom. The standard InChI is InChI=1S/C11H14FNO/c1-11(2)6-13-10-7(12)4-5-8(14-3)9(10)11/h4-5,13H,6H2,1-3H3. The van der Waals surface area contributed by atoms with Crippen molar-refractivity contribution in [2.75, 3.05) is 19.0 Å². The third kappa shape index (κ3) is 1.15. The van der Waals surface area contributed by atoms with Crippen molar-refractivity contribution in [2.24, 2.45) is 0 Å². The lowest BCUT2D eigenvalue weighted by molar-refractivity contribution is 0.398. The molecule has 0 amide bonds. The van der Waals surface area contributed by atoms with Gasteiger partial charge >= 0.3 is 0 Å². The monoisotopic (exact) mass is 195 g/mol. The molecule has 2 rings (SSSR count). The van der Waals surface area contributed by atoms with Crippen molar-refractivity contribution in [2.45, 2.75) is 19.3 Å². The predicted octanol–water partition coefficient (Wildman–Crippen LogP) is 2.54. The highest BCUT2D eigenvalue weighted by Gasteiger charge is 2.34. The minimum Gasteiger partial charge on any atom is -0.496 e. The number of halogens is 1. The molecule has 0 saturated heterocycles. The van der Waals surface area contributed by atoms with E-state index in [1.165, 1.54) is 6.07 Å². The lowest BCUT2D eigenvalue weighted by atomic mass is 9.86. The van der Waals surface area contributed by atoms with E-state index >= 15 is 0 Å². The number of benzene rings is 1. The molecule has 0 spiro atoms. The number of hydrogen-bond donors (Lipinski definition) is 1. The summed E-state index contributed by atoms with van der Waals surface area (Å²) < 4.78 is 18.7. The first-order valence-corrected chi connectivity index (χ1v) is 4.67. The van der Waals surface area contributed by atoms with Crippen LogP contribution in [0.25, 0.3) is 0 Å². The number of hydrogen-bond acceptors (Lipinski definition) is 2. The van der Waals surface area contributed by atoms with Crippen molar-refractivity contribution < 1.29 is 9.13 Å². The number of nitrogens with one attached hydrogen (secondary N) is 1. The molecule has 0 bridgehead atoms. The average molecular weight is 195 g/mol. The van der Waals surface area contributed by atoms with Crippen LogP contribution in [-0.4, -0.2) is 13.7 Å². The SMILES string of the molecule is COc1ccc(F)c2c1C(C)(C)CN2. The average Bonchev–Trinajstić information content (AvgIpc) is 2.45. The Morgan fingerprint density at radius 3 is 2.79 bits per heavy atom. The van der Waals surface area contributed by atoms with Crippen molar-refractivity contribution in [3.05, 3.63) is 23.5 Å². The second-order valence-electron chi connectivity index (χ2n) is 4.24. The van der Waals surface area contributed by atoms with Gasteiger partial charge in [-0.1, -0.05) is 13.8 Å². The summed E-state index contributed by atoms with van der Waals surface area (Å²) >= 11 is 0. The largest absolute Gasteiger partial charge is 0.496 e. The minimum absolute atomic E-state index is 0.0667. The molecule has 1 heterocycles. The van der Waals surface area contributed by atoms with Crippen molar-refractivity contribution >= 4 is 5.69 Å². The Bertz CT molecular complexity index is 374. The molecule has 0 aromatic heterocycles. The molecule has 0 atom stereocenters. The van der Waals surface area contributed by atoms with E-state index in [9.17, 15) is 4.39 Å². The van der Waals surface area contributed by atoms with Gasteiger partial charge in [-0.2, -0.15) is 0 Å². The zero-order valence-corrected chi connectivity index (χ0v) is 8.65. The molecule has 3 heteroatoms. The van der Waals surface area contributed by atoms with Crippen LogP contribution in [0.15, 0.2) is 12.1 Å². The maximum atomic E-state index is 13.4. The van der Waals surface area contributed by atoms with Gasteiger partial charge in [-0.05, 0) is 12.1 Å². The van der Waals surface area contributed by atoms with Gasteiger partial charge in [-0.25, -0.2) is 4.39 Å². The summed E-state index contributed by atoms with van der Waals surface area (Å²) in [5.74, 6) is 0.558. The van der Waals surface area contributed by atoms with Gasteiger partial charge in [-0.15, -0.1) is 0 Å². The van der Waals surface area contributed by atoms with Gasteiger partial charge in [0.05, 0.1) is 12.8 Å². The lowest BCUT2D eigenvalue weighted by Crippen LogP contribution is -2.19. The Balaban J connectivity index is 2.66. The van der Waals surface area contributed by atoms with Gasteiger partial charge in [0.1, 0.15) is 11.6 Å². The Morgan fingerprint density at radius 2 is 2.14 bits per heavy atom. The molecule has 1 aliphatic rings. The molecule has 0 aliphatic carbocycles. The van der Waals surface area contributed by atoms with Crippen LogP contribution in [0.5, 0.6) is 5.75 Å². The zero-order valence-electron chi connectivity index (χ0n) is 8.65. The van der Waals surface area contributed by atoms with Crippen molar-refractivity contribution in [3.63, 3.8) is 0 Å². The van der Waals surface area contributed by atoms with Crippen molar-refractivity contribution in [1.29, 1.82) is 0 Å². The molecule has 1 aromatic rings. The molecule has 76 valence electrons. The second-order valence-corrected chi connectivity index (χ2v) is 4.24. The number of anilines is 1. The summed E-state index contributed by atoms with van der Waals surface area (Å²) in [6.07, 6.45) is 0. The van der Waals surface area contributed by atoms with Gasteiger partial charge in [-0.3, -0.25) is 0 Å². The fourth-order valence-electron chi connectivity index (χ4n) is 1.97. The molecular weight excluding hydrogens is 181 g/mol. The highest BCUT2D eigenvalue weighted by atomic mass is 19.1. The lowest BCUT2D eigenvalue weighted by Gasteiger charge is -2.19. The van der Waals surface area contributed by atoms with Crippen LogP contribution in [0.3, 0.4) is 0 Å². The zero-order chi connectivity index (χ0) is 10.3. The number of methoxy groups -OCH3 is 1. The Labute approximate surface area is 83.1 Å². The molecule has 1 aliphatic heterocycles. The number of ether oxygens (including phenoxy) is 1. The summed E-state index contributed by atoms with van der Waals surface area (Å²) in [5.41, 5.74) is 1.47. The van der Waals surface area contributed by atoms with Gasteiger partial charge in [0.15, 0.2) is 0 Å². The van der Waals surface area contributed by atoms with Gasteiger partial charge in [0.2, 0.25) is 0 Å². The van der Waals surface area contributed by atoms with Crippen LogP contribution >= 0.6 is 0 Å². The van der Waals surface area contributed by atoms with E-state index in [1.807, 2.05) is 0 Å². The van der Waals surface area contributed by atoms with E-state index < -0.39 is 0 Å². The summed E-state index contributed by atoms with van der Waals surface area (Å²) in [7, 11) is 1.61. The first kappa shape index (κ1) is 9.31. The maximum absolute atomic E-state index is 13.4. The second kappa shape index (κ2) is 2.87.